The number of nitrogens with one attached hydrogen (secondary N) is 1. The minimum atomic E-state index is -1.16. The molecule has 0 saturated carbocycles. The molecule has 2 amide bonds. The van der Waals surface area contributed by atoms with Gasteiger partial charge in [0.05, 0.1) is 23.4 Å². The predicted molar refractivity (Wildman–Crippen MR) is 114 cm³/mol. The largest absolute Gasteiger partial charge is 0.495 e. The summed E-state index contributed by atoms with van der Waals surface area (Å²) >= 11 is 6.17. The number of methoxy groups -OCH3 is 1. The van der Waals surface area contributed by atoms with Crippen LogP contribution in [0.5, 0.6) is 5.75 Å². The quantitative estimate of drug-likeness (QED) is 0.566. The molecule has 0 saturated heterocycles. The highest BCUT2D eigenvalue weighted by Crippen LogP contribution is 2.35. The third-order valence-corrected chi connectivity index (χ3v) is 5.02. The molecule has 1 heterocycles. The van der Waals surface area contributed by atoms with E-state index >= 15 is 0 Å². The molecule has 0 unspecified atom stereocenters. The molecule has 0 bridgehead atoms. The molecule has 3 aromatic carbocycles. The molecule has 0 aliphatic carbocycles. The molecular formula is C23H15ClF2N2O3. The van der Waals surface area contributed by atoms with Crippen molar-refractivity contribution < 1.29 is 23.1 Å². The molecule has 31 heavy (non-hydrogen) atoms. The molecule has 3 aromatic rings. The summed E-state index contributed by atoms with van der Waals surface area (Å²) in [6, 6.07) is 16.2. The molecule has 156 valence electrons. The van der Waals surface area contributed by atoms with E-state index < -0.39 is 23.4 Å². The summed E-state index contributed by atoms with van der Waals surface area (Å²) in [6.45, 7) is 0. The Balaban J connectivity index is 1.80. The number of carbonyl (C=O) groups excluding carboxylic acids is 2. The Morgan fingerprint density at radius 3 is 2.29 bits per heavy atom. The lowest BCUT2D eigenvalue weighted by Gasteiger charge is -2.15. The Labute approximate surface area is 181 Å². The molecule has 0 aromatic heterocycles. The van der Waals surface area contributed by atoms with E-state index in [1.54, 1.807) is 48.5 Å². The van der Waals surface area contributed by atoms with Gasteiger partial charge in [0.25, 0.3) is 11.8 Å². The number of halogens is 3. The van der Waals surface area contributed by atoms with Gasteiger partial charge >= 0.3 is 0 Å². The summed E-state index contributed by atoms with van der Waals surface area (Å²) in [6.07, 6.45) is 0. The van der Waals surface area contributed by atoms with E-state index in [9.17, 15) is 18.4 Å². The fraction of sp³-hybridized carbons (Fsp3) is 0.0435. The number of anilines is 2. The van der Waals surface area contributed by atoms with Crippen LogP contribution < -0.4 is 15.0 Å². The molecule has 1 aliphatic rings. The van der Waals surface area contributed by atoms with Crippen LogP contribution in [0.4, 0.5) is 20.2 Å². The van der Waals surface area contributed by atoms with Gasteiger partial charge in [0, 0.05) is 11.8 Å². The van der Waals surface area contributed by atoms with E-state index in [0.29, 0.717) is 22.0 Å². The van der Waals surface area contributed by atoms with Crippen molar-refractivity contribution in [2.75, 3.05) is 17.3 Å². The monoisotopic (exact) mass is 440 g/mol. The van der Waals surface area contributed by atoms with Gasteiger partial charge in [-0.1, -0.05) is 41.9 Å². The van der Waals surface area contributed by atoms with Crippen molar-refractivity contribution >= 4 is 40.4 Å². The number of imide groups is 1. The highest BCUT2D eigenvalue weighted by molar-refractivity contribution is 6.46. The van der Waals surface area contributed by atoms with Gasteiger partial charge in [-0.25, -0.2) is 13.7 Å². The first-order chi connectivity index (χ1) is 14.9. The minimum Gasteiger partial charge on any atom is -0.495 e. The molecule has 0 spiro atoms. The molecule has 8 heteroatoms. The van der Waals surface area contributed by atoms with Crippen molar-refractivity contribution in [3.8, 4) is 5.75 Å². The average Bonchev–Trinajstić information content (AvgIpc) is 3.00. The van der Waals surface area contributed by atoms with E-state index in [1.807, 2.05) is 0 Å². The Hall–Kier alpha value is -3.71. The van der Waals surface area contributed by atoms with E-state index in [4.69, 9.17) is 16.3 Å². The molecule has 0 atom stereocenters. The number of benzene rings is 3. The summed E-state index contributed by atoms with van der Waals surface area (Å²) in [5.74, 6) is -3.17. The highest BCUT2D eigenvalue weighted by Gasteiger charge is 2.40. The highest BCUT2D eigenvalue weighted by atomic mass is 35.5. The summed E-state index contributed by atoms with van der Waals surface area (Å²) < 4.78 is 32.3. The van der Waals surface area contributed by atoms with Crippen LogP contribution in [0.15, 0.2) is 72.4 Å². The fourth-order valence-electron chi connectivity index (χ4n) is 3.27. The molecule has 4 rings (SSSR count). The van der Waals surface area contributed by atoms with Crippen LogP contribution >= 0.6 is 11.6 Å². The Morgan fingerprint density at radius 2 is 1.65 bits per heavy atom. The van der Waals surface area contributed by atoms with Crippen LogP contribution in [-0.4, -0.2) is 18.9 Å². The van der Waals surface area contributed by atoms with Crippen LogP contribution in [0.3, 0.4) is 0 Å². The first-order valence-electron chi connectivity index (χ1n) is 9.15. The summed E-state index contributed by atoms with van der Waals surface area (Å²) in [4.78, 5) is 27.2. The smallest absolute Gasteiger partial charge is 0.282 e. The topological polar surface area (TPSA) is 58.6 Å². The van der Waals surface area contributed by atoms with Crippen LogP contribution in [-0.2, 0) is 9.59 Å². The van der Waals surface area contributed by atoms with Gasteiger partial charge in [-0.15, -0.1) is 0 Å². The molecule has 1 aliphatic heterocycles. The van der Waals surface area contributed by atoms with Crippen LogP contribution in [0.1, 0.15) is 5.56 Å². The van der Waals surface area contributed by atoms with Gasteiger partial charge in [0.2, 0.25) is 0 Å². The zero-order valence-electron chi connectivity index (χ0n) is 16.2. The third kappa shape index (κ3) is 3.75. The molecule has 0 fully saturated rings. The third-order valence-electron chi connectivity index (χ3n) is 4.73. The first-order valence-corrected chi connectivity index (χ1v) is 9.52. The van der Waals surface area contributed by atoms with Gasteiger partial charge in [-0.3, -0.25) is 9.59 Å². The van der Waals surface area contributed by atoms with Gasteiger partial charge in [-0.05, 0) is 35.9 Å². The van der Waals surface area contributed by atoms with E-state index in [-0.39, 0.29) is 17.0 Å². The SMILES string of the molecule is COc1ccc(NC2=C(c3ccccc3)C(=O)N(c3ccc(F)c(F)c3)C2=O)cc1Cl. The molecule has 1 N–H and O–H groups in total. The van der Waals surface area contributed by atoms with Crippen molar-refractivity contribution in [3.63, 3.8) is 0 Å². The zero-order valence-corrected chi connectivity index (χ0v) is 16.9. The number of amides is 2. The van der Waals surface area contributed by atoms with Crippen molar-refractivity contribution in [2.24, 2.45) is 0 Å². The van der Waals surface area contributed by atoms with E-state index in [2.05, 4.69) is 5.32 Å². The lowest BCUT2D eigenvalue weighted by molar-refractivity contribution is -0.120. The first kappa shape index (κ1) is 20.6. The van der Waals surface area contributed by atoms with Gasteiger partial charge in [0.15, 0.2) is 11.6 Å². The minimum absolute atomic E-state index is 0.0119. The predicted octanol–water partition coefficient (Wildman–Crippen LogP) is 5.02. The van der Waals surface area contributed by atoms with Crippen molar-refractivity contribution in [1.82, 2.24) is 0 Å². The maximum Gasteiger partial charge on any atom is 0.282 e. The van der Waals surface area contributed by atoms with Gasteiger partial charge in [0.1, 0.15) is 11.4 Å². The lowest BCUT2D eigenvalue weighted by atomic mass is 10.0. The number of hydrogen-bond acceptors (Lipinski definition) is 4. The number of hydrogen-bond donors (Lipinski definition) is 1. The second-order valence-electron chi connectivity index (χ2n) is 6.63. The van der Waals surface area contributed by atoms with Crippen molar-refractivity contribution in [1.29, 1.82) is 0 Å². The molecule has 0 radical (unpaired) electrons. The lowest BCUT2D eigenvalue weighted by Crippen LogP contribution is -2.32. The summed E-state index contributed by atoms with van der Waals surface area (Å²) in [5.41, 5.74) is 0.951. The Morgan fingerprint density at radius 1 is 0.903 bits per heavy atom. The van der Waals surface area contributed by atoms with Gasteiger partial charge < -0.3 is 10.1 Å². The van der Waals surface area contributed by atoms with Crippen LogP contribution in [0, 0.1) is 11.6 Å². The van der Waals surface area contributed by atoms with Crippen LogP contribution in [0.2, 0.25) is 5.02 Å². The maximum atomic E-state index is 13.8. The summed E-state index contributed by atoms with van der Waals surface area (Å²) in [5, 5.41) is 3.26. The summed E-state index contributed by atoms with van der Waals surface area (Å²) in [7, 11) is 1.48. The normalized spacial score (nSPS) is 13.7. The second-order valence-corrected chi connectivity index (χ2v) is 7.04. The standard InChI is InChI=1S/C23H15ClF2N2O3/c1-31-19-10-7-14(11-16(19)24)27-21-20(13-5-3-2-4-6-13)22(29)28(23(21)30)15-8-9-17(25)18(26)12-15/h2-12,27H,1H3. The van der Waals surface area contributed by atoms with Gasteiger partial charge in [-0.2, -0.15) is 0 Å². The van der Waals surface area contributed by atoms with Crippen molar-refractivity contribution in [2.45, 2.75) is 0 Å². The number of carbonyl (C=O) groups is 2. The second kappa shape index (κ2) is 8.20. The maximum absolute atomic E-state index is 13.8. The number of ether oxygens (including phenoxy) is 1. The Kier molecular flexibility index (Phi) is 5.44. The molecular weight excluding hydrogens is 426 g/mol. The van der Waals surface area contributed by atoms with E-state index in [1.165, 1.54) is 13.2 Å². The number of rotatable bonds is 5. The van der Waals surface area contributed by atoms with Crippen molar-refractivity contribution in [3.05, 3.63) is 94.6 Å². The molecule has 5 nitrogen and oxygen atoms in total. The van der Waals surface area contributed by atoms with E-state index in [0.717, 1.165) is 17.0 Å². The number of nitrogens with zero attached hydrogens (tertiary/aromatic N) is 1. The van der Waals surface area contributed by atoms with Crippen LogP contribution in [0.25, 0.3) is 5.57 Å². The Bertz CT molecular complexity index is 1230. The zero-order chi connectivity index (χ0) is 22.1. The average molecular weight is 441 g/mol. The fourth-order valence-corrected chi connectivity index (χ4v) is 3.52.